The molecule has 0 aliphatic rings. The lowest BCUT2D eigenvalue weighted by Gasteiger charge is -2.11. The number of benzene rings is 1. The number of esters is 1. The Hall–Kier alpha value is -2.28. The molecule has 34 heavy (non-hydrogen) atoms. The van der Waals surface area contributed by atoms with Gasteiger partial charge in [-0.25, -0.2) is 4.79 Å². The molecule has 0 bridgehead atoms. The van der Waals surface area contributed by atoms with Gasteiger partial charge in [0.15, 0.2) is 0 Å². The lowest BCUT2D eigenvalue weighted by molar-refractivity contribution is -0.138. The SMILES string of the molecule is CCCCCCCCCCCCCCCCCCOC(=O)C(C#N)=Cc1ccc(N(C)C)cc1. The third-order valence-corrected chi connectivity index (χ3v) is 6.29. The van der Waals surface area contributed by atoms with E-state index in [9.17, 15) is 10.1 Å². The first-order valence-corrected chi connectivity index (χ1v) is 13.6. The van der Waals surface area contributed by atoms with Crippen LogP contribution in [0.3, 0.4) is 0 Å². The van der Waals surface area contributed by atoms with E-state index in [2.05, 4.69) is 6.92 Å². The van der Waals surface area contributed by atoms with Crippen LogP contribution in [-0.2, 0) is 9.53 Å². The third kappa shape index (κ3) is 14.8. The van der Waals surface area contributed by atoms with Crippen LogP contribution >= 0.6 is 0 Å². The Morgan fingerprint density at radius 1 is 0.794 bits per heavy atom. The molecule has 0 heterocycles. The number of nitrogens with zero attached hydrogens (tertiary/aromatic N) is 2. The summed E-state index contributed by atoms with van der Waals surface area (Å²) in [5.74, 6) is -0.528. The van der Waals surface area contributed by atoms with E-state index < -0.39 is 5.97 Å². The molecule has 0 aliphatic heterocycles. The zero-order valence-electron chi connectivity index (χ0n) is 22.1. The minimum Gasteiger partial charge on any atom is -0.462 e. The van der Waals surface area contributed by atoms with Crippen LogP contribution in [0.15, 0.2) is 29.8 Å². The van der Waals surface area contributed by atoms with Crippen LogP contribution in [0, 0.1) is 11.3 Å². The second kappa shape index (κ2) is 20.1. The fraction of sp³-hybridized carbons (Fsp3) is 0.667. The lowest BCUT2D eigenvalue weighted by atomic mass is 10.0. The molecule has 0 saturated carbocycles. The summed E-state index contributed by atoms with van der Waals surface area (Å²) in [6, 6.07) is 9.69. The maximum absolute atomic E-state index is 12.2. The average Bonchev–Trinajstić information content (AvgIpc) is 2.84. The Bertz CT molecular complexity index is 716. The van der Waals surface area contributed by atoms with Gasteiger partial charge in [0, 0.05) is 19.8 Å². The first-order chi connectivity index (χ1) is 16.6. The Balaban J connectivity index is 2.01. The molecule has 0 amide bonds. The number of rotatable bonds is 20. The maximum atomic E-state index is 12.2. The van der Waals surface area contributed by atoms with Gasteiger partial charge in [0.05, 0.1) is 6.61 Å². The summed E-state index contributed by atoms with van der Waals surface area (Å²) in [5, 5.41) is 9.32. The average molecular weight is 469 g/mol. The number of carbonyl (C=O) groups excluding carboxylic acids is 1. The topological polar surface area (TPSA) is 53.3 Å². The van der Waals surface area contributed by atoms with Crippen molar-refractivity contribution < 1.29 is 9.53 Å². The van der Waals surface area contributed by atoms with E-state index >= 15 is 0 Å². The molecule has 1 aromatic carbocycles. The van der Waals surface area contributed by atoms with Crippen molar-refractivity contribution in [2.24, 2.45) is 0 Å². The van der Waals surface area contributed by atoms with Gasteiger partial charge in [-0.2, -0.15) is 5.26 Å². The first kappa shape index (κ1) is 29.8. The molecule has 190 valence electrons. The van der Waals surface area contributed by atoms with Crippen LogP contribution in [0.1, 0.15) is 115 Å². The van der Waals surface area contributed by atoms with Crippen molar-refractivity contribution >= 4 is 17.7 Å². The van der Waals surface area contributed by atoms with Crippen LogP contribution in [0.4, 0.5) is 5.69 Å². The minimum atomic E-state index is -0.528. The number of nitriles is 1. The normalized spacial score (nSPS) is 11.3. The van der Waals surface area contributed by atoms with Gasteiger partial charge in [-0.1, -0.05) is 115 Å². The Morgan fingerprint density at radius 2 is 1.24 bits per heavy atom. The molecule has 0 atom stereocenters. The number of ether oxygens (including phenoxy) is 1. The molecule has 0 radical (unpaired) electrons. The van der Waals surface area contributed by atoms with E-state index in [0.29, 0.717) is 6.61 Å². The zero-order chi connectivity index (χ0) is 24.9. The van der Waals surface area contributed by atoms with Crippen molar-refractivity contribution in [1.29, 1.82) is 5.26 Å². The van der Waals surface area contributed by atoms with Crippen molar-refractivity contribution in [3.8, 4) is 6.07 Å². The highest BCUT2D eigenvalue weighted by molar-refractivity contribution is 5.97. The second-order valence-electron chi connectivity index (χ2n) is 9.59. The summed E-state index contributed by atoms with van der Waals surface area (Å²) < 4.78 is 5.31. The Labute approximate surface area is 209 Å². The lowest BCUT2D eigenvalue weighted by Crippen LogP contribution is -2.08. The van der Waals surface area contributed by atoms with Crippen LogP contribution in [0.25, 0.3) is 6.08 Å². The van der Waals surface area contributed by atoms with Gasteiger partial charge in [-0.15, -0.1) is 0 Å². The smallest absolute Gasteiger partial charge is 0.348 e. The molecule has 0 saturated heterocycles. The highest BCUT2D eigenvalue weighted by atomic mass is 16.5. The Morgan fingerprint density at radius 3 is 1.65 bits per heavy atom. The molecule has 0 N–H and O–H groups in total. The highest BCUT2D eigenvalue weighted by Gasteiger charge is 2.10. The first-order valence-electron chi connectivity index (χ1n) is 13.6. The molecule has 0 unspecified atom stereocenters. The van der Waals surface area contributed by atoms with E-state index in [1.807, 2.05) is 49.3 Å². The predicted molar refractivity (Wildman–Crippen MR) is 145 cm³/mol. The summed E-state index contributed by atoms with van der Waals surface area (Å²) in [4.78, 5) is 14.2. The van der Waals surface area contributed by atoms with E-state index in [-0.39, 0.29) is 5.57 Å². The van der Waals surface area contributed by atoms with E-state index in [1.54, 1.807) is 6.08 Å². The largest absolute Gasteiger partial charge is 0.462 e. The number of carbonyl (C=O) groups is 1. The molecular formula is C30H48N2O2. The molecule has 1 aromatic rings. The van der Waals surface area contributed by atoms with Crippen LogP contribution in [0.5, 0.6) is 0 Å². The standard InChI is InChI=1S/C30H48N2O2/c1-4-5-6-7-8-9-10-11-12-13-14-15-16-17-18-19-24-34-30(33)28(26-31)25-27-20-22-29(23-21-27)32(2)3/h20-23,25H,4-19,24H2,1-3H3. The molecule has 0 aliphatic carbocycles. The van der Waals surface area contributed by atoms with E-state index in [1.165, 1.54) is 89.9 Å². The van der Waals surface area contributed by atoms with Gasteiger partial charge in [0.1, 0.15) is 11.6 Å². The molecule has 4 nitrogen and oxygen atoms in total. The third-order valence-electron chi connectivity index (χ3n) is 6.29. The molecular weight excluding hydrogens is 420 g/mol. The summed E-state index contributed by atoms with van der Waals surface area (Å²) in [7, 11) is 3.95. The molecule has 0 fully saturated rings. The van der Waals surface area contributed by atoms with Crippen molar-refractivity contribution in [3.63, 3.8) is 0 Å². The zero-order valence-corrected chi connectivity index (χ0v) is 22.1. The highest BCUT2D eigenvalue weighted by Crippen LogP contribution is 2.16. The van der Waals surface area contributed by atoms with Crippen molar-refractivity contribution in [3.05, 3.63) is 35.4 Å². The fourth-order valence-corrected chi connectivity index (χ4v) is 4.06. The van der Waals surface area contributed by atoms with Gasteiger partial charge >= 0.3 is 5.97 Å². The molecule has 4 heteroatoms. The summed E-state index contributed by atoms with van der Waals surface area (Å²) in [5.41, 5.74) is 1.94. The van der Waals surface area contributed by atoms with Crippen LogP contribution in [-0.4, -0.2) is 26.7 Å². The van der Waals surface area contributed by atoms with Gasteiger partial charge in [-0.3, -0.25) is 0 Å². The number of unbranched alkanes of at least 4 members (excludes halogenated alkanes) is 15. The van der Waals surface area contributed by atoms with Gasteiger partial charge in [-0.05, 0) is 30.2 Å². The summed E-state index contributed by atoms with van der Waals surface area (Å²) in [6.07, 6.45) is 22.6. The van der Waals surface area contributed by atoms with Crippen LogP contribution < -0.4 is 4.90 Å². The monoisotopic (exact) mass is 468 g/mol. The van der Waals surface area contributed by atoms with Crippen LogP contribution in [0.2, 0.25) is 0 Å². The molecule has 1 rings (SSSR count). The maximum Gasteiger partial charge on any atom is 0.348 e. The summed E-state index contributed by atoms with van der Waals surface area (Å²) >= 11 is 0. The minimum absolute atomic E-state index is 0.0501. The van der Waals surface area contributed by atoms with Crippen molar-refractivity contribution in [2.45, 2.75) is 110 Å². The molecule has 0 spiro atoms. The second-order valence-corrected chi connectivity index (χ2v) is 9.59. The van der Waals surface area contributed by atoms with Crippen molar-refractivity contribution in [2.75, 3.05) is 25.6 Å². The van der Waals surface area contributed by atoms with E-state index in [0.717, 1.165) is 24.1 Å². The van der Waals surface area contributed by atoms with Gasteiger partial charge < -0.3 is 9.64 Å². The van der Waals surface area contributed by atoms with E-state index in [4.69, 9.17) is 4.74 Å². The molecule has 0 aromatic heterocycles. The summed E-state index contributed by atoms with van der Waals surface area (Å²) in [6.45, 7) is 2.66. The van der Waals surface area contributed by atoms with Gasteiger partial charge in [0.25, 0.3) is 0 Å². The number of hydrogen-bond donors (Lipinski definition) is 0. The number of anilines is 1. The predicted octanol–water partition coefficient (Wildman–Crippen LogP) is 8.46. The Kier molecular flexibility index (Phi) is 17.6. The van der Waals surface area contributed by atoms with Gasteiger partial charge in [0.2, 0.25) is 0 Å². The fourth-order valence-electron chi connectivity index (χ4n) is 4.06. The number of hydrogen-bond acceptors (Lipinski definition) is 4. The quantitative estimate of drug-likeness (QED) is 0.0833. The van der Waals surface area contributed by atoms with Crippen molar-refractivity contribution in [1.82, 2.24) is 0 Å².